The third-order valence-electron chi connectivity index (χ3n) is 5.77. The summed E-state index contributed by atoms with van der Waals surface area (Å²) in [5, 5.41) is 7.53. The van der Waals surface area contributed by atoms with Crippen molar-refractivity contribution in [2.45, 2.75) is 26.3 Å². The summed E-state index contributed by atoms with van der Waals surface area (Å²) in [7, 11) is 5.15. The fraction of sp³-hybridized carbons (Fsp3) is 0.545. The van der Waals surface area contributed by atoms with Crippen molar-refractivity contribution in [1.82, 2.24) is 20.0 Å². The normalized spacial score (nSPS) is 15.6. The largest absolute Gasteiger partial charge is 0.493 e. The second-order valence-corrected chi connectivity index (χ2v) is 7.53. The van der Waals surface area contributed by atoms with Crippen LogP contribution < -0.4 is 14.8 Å². The number of methoxy groups -OCH3 is 2. The van der Waals surface area contributed by atoms with Gasteiger partial charge in [0.1, 0.15) is 0 Å². The van der Waals surface area contributed by atoms with E-state index in [2.05, 4.69) is 15.3 Å². The van der Waals surface area contributed by atoms with Crippen LogP contribution in [-0.4, -0.2) is 67.7 Å². The number of aromatic nitrogens is 2. The first kappa shape index (κ1) is 22.1. The van der Waals surface area contributed by atoms with Crippen molar-refractivity contribution in [2.75, 3.05) is 47.1 Å². The SMILES string of the molecule is COc1ccc(C(CNC(=O)Cc2c(C)nn(C)c2C)N2CCOCC2)cc1OC. The summed E-state index contributed by atoms with van der Waals surface area (Å²) < 4.78 is 18.2. The molecule has 0 radical (unpaired) electrons. The molecule has 0 saturated carbocycles. The number of hydrogen-bond acceptors (Lipinski definition) is 6. The van der Waals surface area contributed by atoms with Crippen LogP contribution in [0.5, 0.6) is 11.5 Å². The molecular formula is C22H32N4O4. The van der Waals surface area contributed by atoms with Gasteiger partial charge in [-0.05, 0) is 31.5 Å². The standard InChI is InChI=1S/C22H32N4O4/c1-15-18(16(2)25(3)24-15)13-22(27)23-14-19(26-8-10-30-11-9-26)17-6-7-20(28-4)21(12-17)29-5/h6-7,12,19H,8-11,13-14H2,1-5H3,(H,23,27). The molecule has 1 aromatic heterocycles. The van der Waals surface area contributed by atoms with Gasteiger partial charge in [0.15, 0.2) is 11.5 Å². The molecule has 2 aromatic rings. The number of carbonyl (C=O) groups is 1. The minimum atomic E-state index is -0.00654. The molecule has 3 rings (SSSR count). The van der Waals surface area contributed by atoms with Gasteiger partial charge in [0.25, 0.3) is 0 Å². The van der Waals surface area contributed by atoms with Gasteiger partial charge in [0, 0.05) is 37.9 Å². The molecule has 1 amide bonds. The Morgan fingerprint density at radius 1 is 1.20 bits per heavy atom. The van der Waals surface area contributed by atoms with E-state index in [4.69, 9.17) is 14.2 Å². The molecule has 0 aliphatic carbocycles. The quantitative estimate of drug-likeness (QED) is 0.707. The molecule has 1 aromatic carbocycles. The van der Waals surface area contributed by atoms with Crippen molar-refractivity contribution in [1.29, 1.82) is 0 Å². The monoisotopic (exact) mass is 416 g/mol. The molecule has 1 fully saturated rings. The lowest BCUT2D eigenvalue weighted by atomic mass is 10.0. The third kappa shape index (κ3) is 4.94. The van der Waals surface area contributed by atoms with Gasteiger partial charge in [-0.25, -0.2) is 0 Å². The second kappa shape index (κ2) is 9.95. The molecule has 164 valence electrons. The van der Waals surface area contributed by atoms with E-state index < -0.39 is 0 Å². The molecule has 8 nitrogen and oxygen atoms in total. The smallest absolute Gasteiger partial charge is 0.224 e. The number of aryl methyl sites for hydroxylation is 2. The van der Waals surface area contributed by atoms with E-state index in [9.17, 15) is 4.79 Å². The molecular weight excluding hydrogens is 384 g/mol. The summed E-state index contributed by atoms with van der Waals surface area (Å²) in [5.41, 5.74) is 3.98. The first-order valence-electron chi connectivity index (χ1n) is 10.2. The van der Waals surface area contributed by atoms with E-state index in [0.29, 0.717) is 37.7 Å². The Balaban J connectivity index is 1.75. The first-order chi connectivity index (χ1) is 14.4. The van der Waals surface area contributed by atoms with Crippen LogP contribution in [0.1, 0.15) is 28.6 Å². The number of amides is 1. The molecule has 1 aliphatic heterocycles. The van der Waals surface area contributed by atoms with E-state index in [-0.39, 0.29) is 11.9 Å². The number of rotatable bonds is 8. The van der Waals surface area contributed by atoms with Crippen molar-refractivity contribution in [2.24, 2.45) is 7.05 Å². The van der Waals surface area contributed by atoms with Crippen LogP contribution in [0.4, 0.5) is 0 Å². The van der Waals surface area contributed by atoms with E-state index in [1.807, 2.05) is 43.8 Å². The van der Waals surface area contributed by atoms with Crippen LogP contribution in [0.2, 0.25) is 0 Å². The zero-order chi connectivity index (χ0) is 21.7. The maximum Gasteiger partial charge on any atom is 0.224 e. The minimum Gasteiger partial charge on any atom is -0.493 e. The minimum absolute atomic E-state index is 0.00654. The Labute approximate surface area is 178 Å². The number of carbonyl (C=O) groups excluding carboxylic acids is 1. The van der Waals surface area contributed by atoms with Gasteiger partial charge in [-0.15, -0.1) is 0 Å². The predicted octanol–water partition coefficient (Wildman–Crippen LogP) is 1.79. The highest BCUT2D eigenvalue weighted by atomic mass is 16.5. The fourth-order valence-electron chi connectivity index (χ4n) is 3.91. The highest BCUT2D eigenvalue weighted by Gasteiger charge is 2.25. The lowest BCUT2D eigenvalue weighted by Crippen LogP contribution is -2.44. The van der Waals surface area contributed by atoms with Crippen LogP contribution in [0.25, 0.3) is 0 Å². The zero-order valence-corrected chi connectivity index (χ0v) is 18.5. The zero-order valence-electron chi connectivity index (χ0n) is 18.5. The van der Waals surface area contributed by atoms with E-state index >= 15 is 0 Å². The number of ether oxygens (including phenoxy) is 3. The van der Waals surface area contributed by atoms with Crippen LogP contribution in [0, 0.1) is 13.8 Å². The van der Waals surface area contributed by atoms with Gasteiger partial charge in [-0.3, -0.25) is 14.4 Å². The summed E-state index contributed by atoms with van der Waals surface area (Å²) in [6, 6.07) is 5.95. The highest BCUT2D eigenvalue weighted by molar-refractivity contribution is 5.79. The molecule has 1 atom stereocenters. The van der Waals surface area contributed by atoms with Crippen molar-refractivity contribution in [3.8, 4) is 11.5 Å². The van der Waals surface area contributed by atoms with Gasteiger partial charge < -0.3 is 19.5 Å². The number of benzene rings is 1. The molecule has 2 heterocycles. The van der Waals surface area contributed by atoms with Gasteiger partial charge >= 0.3 is 0 Å². The average molecular weight is 417 g/mol. The summed E-state index contributed by atoms with van der Waals surface area (Å²) in [6.45, 7) is 7.44. The summed E-state index contributed by atoms with van der Waals surface area (Å²) in [6.07, 6.45) is 0.327. The number of nitrogens with one attached hydrogen (secondary N) is 1. The fourth-order valence-corrected chi connectivity index (χ4v) is 3.91. The van der Waals surface area contributed by atoms with E-state index in [1.165, 1.54) is 0 Å². The van der Waals surface area contributed by atoms with Crippen molar-refractivity contribution in [3.63, 3.8) is 0 Å². The Morgan fingerprint density at radius 3 is 2.50 bits per heavy atom. The second-order valence-electron chi connectivity index (χ2n) is 7.53. The van der Waals surface area contributed by atoms with Crippen molar-refractivity contribution >= 4 is 5.91 Å². The number of morpholine rings is 1. The van der Waals surface area contributed by atoms with E-state index in [0.717, 1.165) is 35.6 Å². The molecule has 8 heteroatoms. The summed E-state index contributed by atoms with van der Waals surface area (Å²) >= 11 is 0. The van der Waals surface area contributed by atoms with Gasteiger partial charge in [-0.1, -0.05) is 6.07 Å². The Kier molecular flexibility index (Phi) is 7.33. The summed E-state index contributed by atoms with van der Waals surface area (Å²) in [4.78, 5) is 15.1. The maximum atomic E-state index is 12.7. The molecule has 1 N–H and O–H groups in total. The Morgan fingerprint density at radius 2 is 1.90 bits per heavy atom. The Hall–Kier alpha value is -2.58. The summed E-state index contributed by atoms with van der Waals surface area (Å²) in [5.74, 6) is 1.36. The third-order valence-corrected chi connectivity index (χ3v) is 5.77. The van der Waals surface area contributed by atoms with Gasteiger partial charge in [-0.2, -0.15) is 5.10 Å². The van der Waals surface area contributed by atoms with Crippen LogP contribution >= 0.6 is 0 Å². The molecule has 30 heavy (non-hydrogen) atoms. The highest BCUT2D eigenvalue weighted by Crippen LogP contribution is 2.32. The van der Waals surface area contributed by atoms with Crippen molar-refractivity contribution < 1.29 is 19.0 Å². The van der Waals surface area contributed by atoms with Crippen LogP contribution in [0.15, 0.2) is 18.2 Å². The number of nitrogens with zero attached hydrogens (tertiary/aromatic N) is 3. The van der Waals surface area contributed by atoms with Crippen LogP contribution in [0.3, 0.4) is 0 Å². The first-order valence-corrected chi connectivity index (χ1v) is 10.2. The van der Waals surface area contributed by atoms with Gasteiger partial charge in [0.2, 0.25) is 5.91 Å². The average Bonchev–Trinajstić information content (AvgIpc) is 3.00. The topological polar surface area (TPSA) is 77.9 Å². The lowest BCUT2D eigenvalue weighted by Gasteiger charge is -2.35. The molecule has 0 spiro atoms. The van der Waals surface area contributed by atoms with Gasteiger partial charge in [0.05, 0.1) is 45.6 Å². The molecule has 1 aliphatic rings. The lowest BCUT2D eigenvalue weighted by molar-refractivity contribution is -0.120. The predicted molar refractivity (Wildman–Crippen MR) is 114 cm³/mol. The molecule has 1 unspecified atom stereocenters. The maximum absolute atomic E-state index is 12.7. The van der Waals surface area contributed by atoms with Crippen LogP contribution in [-0.2, 0) is 23.0 Å². The van der Waals surface area contributed by atoms with E-state index in [1.54, 1.807) is 14.2 Å². The molecule has 0 bridgehead atoms. The van der Waals surface area contributed by atoms with Crippen molar-refractivity contribution in [3.05, 3.63) is 40.7 Å². The number of hydrogen-bond donors (Lipinski definition) is 1. The Bertz CT molecular complexity index is 874. The molecule has 1 saturated heterocycles.